The number of fused-ring (bicyclic) bond motifs is 1. The van der Waals surface area contributed by atoms with Crippen LogP contribution in [0.4, 0.5) is 0 Å². The average molecular weight is 343 g/mol. The van der Waals surface area contributed by atoms with Crippen molar-refractivity contribution < 1.29 is 0 Å². The molecule has 3 atom stereocenters. The summed E-state index contributed by atoms with van der Waals surface area (Å²) in [7, 11) is 0. The second-order valence-corrected chi connectivity index (χ2v) is 10.3. The molecule has 0 radical (unpaired) electrons. The molecule has 4 fully saturated rings. The van der Waals surface area contributed by atoms with Gasteiger partial charge in [0.2, 0.25) is 0 Å². The monoisotopic (exact) mass is 342 g/mol. The first-order valence-electron chi connectivity index (χ1n) is 12.0. The van der Waals surface area contributed by atoms with E-state index >= 15 is 0 Å². The van der Waals surface area contributed by atoms with Crippen molar-refractivity contribution in [3.63, 3.8) is 0 Å². The summed E-state index contributed by atoms with van der Waals surface area (Å²) in [5.41, 5.74) is 2.01. The molecule has 0 bridgehead atoms. The zero-order valence-corrected chi connectivity index (χ0v) is 16.9. The fourth-order valence-corrected chi connectivity index (χ4v) is 7.08. The lowest BCUT2D eigenvalue weighted by Gasteiger charge is -2.45. The average Bonchev–Trinajstić information content (AvgIpc) is 2.68. The Hall–Kier alpha value is -0.260. The van der Waals surface area contributed by atoms with Crippen molar-refractivity contribution in [3.8, 4) is 0 Å². The van der Waals surface area contributed by atoms with Gasteiger partial charge in [0.05, 0.1) is 0 Å². The number of hydrogen-bond acceptors (Lipinski definition) is 0. The van der Waals surface area contributed by atoms with Gasteiger partial charge in [-0.3, -0.25) is 0 Å². The van der Waals surface area contributed by atoms with Crippen LogP contribution in [0.2, 0.25) is 0 Å². The third-order valence-electron chi connectivity index (χ3n) is 8.57. The van der Waals surface area contributed by atoms with E-state index in [4.69, 9.17) is 0 Å². The van der Waals surface area contributed by atoms with Crippen LogP contribution in [-0.2, 0) is 0 Å². The van der Waals surface area contributed by atoms with Gasteiger partial charge in [0.25, 0.3) is 0 Å². The Morgan fingerprint density at radius 1 is 0.640 bits per heavy atom. The predicted octanol–water partition coefficient (Wildman–Crippen LogP) is 7.93. The van der Waals surface area contributed by atoms with Crippen LogP contribution in [0.25, 0.3) is 0 Å². The van der Waals surface area contributed by atoms with E-state index in [1.807, 2.05) is 5.57 Å². The van der Waals surface area contributed by atoms with E-state index in [0.717, 1.165) is 35.5 Å². The van der Waals surface area contributed by atoms with Gasteiger partial charge in [-0.15, -0.1) is 0 Å². The van der Waals surface area contributed by atoms with Crippen molar-refractivity contribution in [2.24, 2.45) is 35.5 Å². The minimum Gasteiger partial charge on any atom is -0.0816 e. The Bertz CT molecular complexity index is 431. The minimum atomic E-state index is 0.928. The molecule has 0 nitrogen and oxygen atoms in total. The van der Waals surface area contributed by atoms with Gasteiger partial charge in [0.15, 0.2) is 0 Å². The third kappa shape index (κ3) is 4.36. The van der Waals surface area contributed by atoms with Crippen molar-refractivity contribution in [2.75, 3.05) is 0 Å². The summed E-state index contributed by atoms with van der Waals surface area (Å²) in [6.07, 6.45) is 27.2. The van der Waals surface area contributed by atoms with Crippen LogP contribution in [-0.4, -0.2) is 0 Å². The largest absolute Gasteiger partial charge is 0.0816 e. The van der Waals surface area contributed by atoms with E-state index < -0.39 is 0 Å². The fraction of sp³-hybridized carbons (Fsp3) is 0.920. The number of hydrogen-bond donors (Lipinski definition) is 0. The molecule has 0 heteroatoms. The van der Waals surface area contributed by atoms with Gasteiger partial charge in [-0.2, -0.15) is 0 Å². The smallest absolute Gasteiger partial charge is 0.0169 e. The molecule has 0 aromatic rings. The maximum atomic E-state index is 2.91. The lowest BCUT2D eigenvalue weighted by molar-refractivity contribution is 0.113. The second-order valence-electron chi connectivity index (χ2n) is 10.3. The van der Waals surface area contributed by atoms with Crippen LogP contribution in [0, 0.1) is 35.5 Å². The van der Waals surface area contributed by atoms with E-state index in [9.17, 15) is 0 Å². The molecule has 0 aliphatic heterocycles. The molecule has 0 spiro atoms. The van der Waals surface area contributed by atoms with Crippen LogP contribution in [0.3, 0.4) is 0 Å². The standard InChI is InChI=1S/C25H42/c1-19-14-16-20(17-15-19)18-25(22-8-3-2-4-9-22)24-13-7-11-21-10-5-6-12-23(21)24/h18-24H,2-17H2,1H3. The second kappa shape index (κ2) is 8.62. The highest BCUT2D eigenvalue weighted by molar-refractivity contribution is 5.17. The van der Waals surface area contributed by atoms with Crippen LogP contribution < -0.4 is 0 Å². The van der Waals surface area contributed by atoms with Crippen molar-refractivity contribution in [2.45, 2.75) is 110 Å². The predicted molar refractivity (Wildman–Crippen MR) is 109 cm³/mol. The molecule has 0 saturated heterocycles. The van der Waals surface area contributed by atoms with Gasteiger partial charge >= 0.3 is 0 Å². The first-order valence-corrected chi connectivity index (χ1v) is 12.0. The topological polar surface area (TPSA) is 0 Å². The molecule has 4 aliphatic rings. The summed E-state index contributed by atoms with van der Waals surface area (Å²) in [6.45, 7) is 2.47. The van der Waals surface area contributed by atoms with Crippen LogP contribution >= 0.6 is 0 Å². The number of allylic oxidation sites excluding steroid dienone is 2. The molecule has 4 aliphatic carbocycles. The Morgan fingerprint density at radius 2 is 1.32 bits per heavy atom. The summed E-state index contributed by atoms with van der Waals surface area (Å²) in [5, 5.41) is 0. The Kier molecular flexibility index (Phi) is 6.25. The Labute approximate surface area is 157 Å². The summed E-state index contributed by atoms with van der Waals surface area (Å²) in [4.78, 5) is 0. The van der Waals surface area contributed by atoms with Crippen LogP contribution in [0.5, 0.6) is 0 Å². The van der Waals surface area contributed by atoms with Crippen LogP contribution in [0.1, 0.15) is 110 Å². The highest BCUT2D eigenvalue weighted by Gasteiger charge is 2.38. The highest BCUT2D eigenvalue weighted by Crippen LogP contribution is 2.50. The van der Waals surface area contributed by atoms with Gasteiger partial charge in [-0.05, 0) is 74.0 Å². The quantitative estimate of drug-likeness (QED) is 0.457. The van der Waals surface area contributed by atoms with E-state index in [-0.39, 0.29) is 0 Å². The summed E-state index contributed by atoms with van der Waals surface area (Å²) in [6, 6.07) is 0. The SMILES string of the molecule is CC1CCC(C=C(C2CCCCC2)C2CCCC3CCCCC32)CC1. The van der Waals surface area contributed by atoms with Gasteiger partial charge < -0.3 is 0 Å². The zero-order chi connectivity index (χ0) is 17.1. The Morgan fingerprint density at radius 3 is 2.12 bits per heavy atom. The van der Waals surface area contributed by atoms with E-state index in [0.29, 0.717) is 0 Å². The molecule has 4 rings (SSSR count). The first-order chi connectivity index (χ1) is 12.3. The van der Waals surface area contributed by atoms with E-state index in [2.05, 4.69) is 13.0 Å². The molecular formula is C25H42. The molecule has 25 heavy (non-hydrogen) atoms. The van der Waals surface area contributed by atoms with Gasteiger partial charge in [-0.1, -0.05) is 82.8 Å². The molecule has 3 unspecified atom stereocenters. The lowest BCUT2D eigenvalue weighted by Crippen LogP contribution is -2.34. The molecule has 0 heterocycles. The Balaban J connectivity index is 1.55. The van der Waals surface area contributed by atoms with Crippen molar-refractivity contribution in [3.05, 3.63) is 11.6 Å². The summed E-state index contributed by atoms with van der Waals surface area (Å²) < 4.78 is 0. The molecule has 142 valence electrons. The maximum Gasteiger partial charge on any atom is -0.0169 e. The van der Waals surface area contributed by atoms with Crippen molar-refractivity contribution in [1.29, 1.82) is 0 Å². The minimum absolute atomic E-state index is 0.928. The summed E-state index contributed by atoms with van der Waals surface area (Å²) in [5.74, 6) is 6.03. The zero-order valence-electron chi connectivity index (χ0n) is 16.9. The third-order valence-corrected chi connectivity index (χ3v) is 8.57. The van der Waals surface area contributed by atoms with Crippen LogP contribution in [0.15, 0.2) is 11.6 Å². The van der Waals surface area contributed by atoms with Gasteiger partial charge in [0, 0.05) is 0 Å². The summed E-state index contributed by atoms with van der Waals surface area (Å²) >= 11 is 0. The van der Waals surface area contributed by atoms with Gasteiger partial charge in [-0.25, -0.2) is 0 Å². The van der Waals surface area contributed by atoms with Crippen molar-refractivity contribution in [1.82, 2.24) is 0 Å². The molecule has 0 aromatic heterocycles. The molecule has 0 N–H and O–H groups in total. The molecule has 0 aromatic carbocycles. The number of rotatable bonds is 3. The van der Waals surface area contributed by atoms with E-state index in [1.54, 1.807) is 19.3 Å². The first kappa shape index (κ1) is 18.1. The lowest BCUT2D eigenvalue weighted by atomic mass is 9.60. The molecule has 4 saturated carbocycles. The molecule has 0 amide bonds. The maximum absolute atomic E-state index is 2.91. The van der Waals surface area contributed by atoms with E-state index in [1.165, 1.54) is 83.5 Å². The molecular weight excluding hydrogens is 300 g/mol. The van der Waals surface area contributed by atoms with Gasteiger partial charge in [0.1, 0.15) is 0 Å². The van der Waals surface area contributed by atoms with Crippen molar-refractivity contribution >= 4 is 0 Å². The highest BCUT2D eigenvalue weighted by atomic mass is 14.4. The normalized spacial score (nSPS) is 41.3. The fourth-order valence-electron chi connectivity index (χ4n) is 7.08.